The molecule has 2 aromatic rings. The highest BCUT2D eigenvalue weighted by Crippen LogP contribution is 2.30. The molecule has 4 heteroatoms. The lowest BCUT2D eigenvalue weighted by Crippen LogP contribution is -2.32. The SMILES string of the molecule is COc1ccc(CCN2CCc3cc4c(cc3C2)CCC4)cc1OC.Cl. The second-order valence-electron chi connectivity index (χ2n) is 7.21. The molecule has 2 aliphatic rings. The Morgan fingerprint density at radius 2 is 1.54 bits per heavy atom. The zero-order chi connectivity index (χ0) is 17.2. The van der Waals surface area contributed by atoms with Gasteiger partial charge in [0.1, 0.15) is 0 Å². The molecule has 1 heterocycles. The smallest absolute Gasteiger partial charge is 0.160 e. The molecule has 0 saturated carbocycles. The number of aryl methyl sites for hydroxylation is 2. The third-order valence-electron chi connectivity index (χ3n) is 5.67. The molecular weight excluding hydrogens is 346 g/mol. The van der Waals surface area contributed by atoms with Gasteiger partial charge >= 0.3 is 0 Å². The topological polar surface area (TPSA) is 21.7 Å². The Balaban J connectivity index is 0.00000196. The van der Waals surface area contributed by atoms with Crippen molar-refractivity contribution in [2.24, 2.45) is 0 Å². The third-order valence-corrected chi connectivity index (χ3v) is 5.67. The highest BCUT2D eigenvalue weighted by atomic mass is 35.5. The van der Waals surface area contributed by atoms with Crippen molar-refractivity contribution in [1.29, 1.82) is 0 Å². The van der Waals surface area contributed by atoms with Gasteiger partial charge in [0.25, 0.3) is 0 Å². The van der Waals surface area contributed by atoms with Crippen LogP contribution in [0.3, 0.4) is 0 Å². The minimum atomic E-state index is 0. The van der Waals surface area contributed by atoms with E-state index in [4.69, 9.17) is 9.47 Å². The Morgan fingerprint density at radius 1 is 0.846 bits per heavy atom. The summed E-state index contributed by atoms with van der Waals surface area (Å²) in [5.41, 5.74) is 7.65. The molecule has 0 atom stereocenters. The van der Waals surface area contributed by atoms with Crippen LogP contribution in [-0.2, 0) is 32.2 Å². The average Bonchev–Trinajstić information content (AvgIpc) is 3.11. The van der Waals surface area contributed by atoms with Crippen LogP contribution in [-0.4, -0.2) is 32.2 Å². The molecule has 26 heavy (non-hydrogen) atoms. The summed E-state index contributed by atoms with van der Waals surface area (Å²) in [6.07, 6.45) is 6.12. The molecule has 0 fully saturated rings. The van der Waals surface area contributed by atoms with Gasteiger partial charge in [-0.2, -0.15) is 0 Å². The largest absolute Gasteiger partial charge is 0.493 e. The first-order chi connectivity index (χ1) is 12.3. The van der Waals surface area contributed by atoms with Crippen molar-refractivity contribution in [2.75, 3.05) is 27.3 Å². The van der Waals surface area contributed by atoms with Crippen molar-refractivity contribution in [3.8, 4) is 11.5 Å². The molecule has 3 nitrogen and oxygen atoms in total. The highest BCUT2D eigenvalue weighted by Gasteiger charge is 2.20. The van der Waals surface area contributed by atoms with Gasteiger partial charge in [-0.05, 0) is 72.1 Å². The van der Waals surface area contributed by atoms with Crippen LogP contribution in [0.1, 0.15) is 34.2 Å². The van der Waals surface area contributed by atoms with Crippen molar-refractivity contribution >= 4 is 12.4 Å². The summed E-state index contributed by atoms with van der Waals surface area (Å²) in [6.45, 7) is 3.35. The van der Waals surface area contributed by atoms with E-state index in [0.29, 0.717) is 0 Å². The zero-order valence-corrected chi connectivity index (χ0v) is 16.5. The number of hydrogen-bond donors (Lipinski definition) is 0. The maximum absolute atomic E-state index is 5.42. The molecule has 1 aliphatic carbocycles. The van der Waals surface area contributed by atoms with E-state index in [1.54, 1.807) is 36.5 Å². The van der Waals surface area contributed by atoms with Crippen LogP contribution in [0.15, 0.2) is 30.3 Å². The van der Waals surface area contributed by atoms with Gasteiger partial charge in [0.05, 0.1) is 14.2 Å². The molecule has 0 bridgehead atoms. The highest BCUT2D eigenvalue weighted by molar-refractivity contribution is 5.85. The molecule has 1 aliphatic heterocycles. The van der Waals surface area contributed by atoms with Crippen molar-refractivity contribution in [3.05, 3.63) is 58.1 Å². The summed E-state index contributed by atoms with van der Waals surface area (Å²) in [4.78, 5) is 2.58. The number of benzene rings is 2. The number of nitrogens with zero attached hydrogens (tertiary/aromatic N) is 1. The van der Waals surface area contributed by atoms with Gasteiger partial charge in [-0.3, -0.25) is 4.90 Å². The number of fused-ring (bicyclic) bond motifs is 2. The van der Waals surface area contributed by atoms with E-state index >= 15 is 0 Å². The molecule has 0 amide bonds. The normalized spacial score (nSPS) is 15.8. The third kappa shape index (κ3) is 3.84. The van der Waals surface area contributed by atoms with Crippen LogP contribution >= 0.6 is 12.4 Å². The van der Waals surface area contributed by atoms with Gasteiger partial charge in [0.15, 0.2) is 11.5 Å². The first-order valence-electron chi connectivity index (χ1n) is 9.33. The summed E-state index contributed by atoms with van der Waals surface area (Å²) in [6, 6.07) is 11.2. The maximum Gasteiger partial charge on any atom is 0.160 e. The molecule has 4 rings (SSSR count). The first kappa shape index (κ1) is 19.1. The summed E-state index contributed by atoms with van der Waals surface area (Å²) >= 11 is 0. The van der Waals surface area contributed by atoms with E-state index in [0.717, 1.165) is 31.0 Å². The van der Waals surface area contributed by atoms with Gasteiger partial charge in [-0.1, -0.05) is 18.2 Å². The zero-order valence-electron chi connectivity index (χ0n) is 15.7. The van der Waals surface area contributed by atoms with E-state index in [1.807, 2.05) is 6.07 Å². The molecule has 2 aromatic carbocycles. The Labute approximate surface area is 162 Å². The maximum atomic E-state index is 5.42. The molecule has 0 saturated heterocycles. The van der Waals surface area contributed by atoms with E-state index in [9.17, 15) is 0 Å². The van der Waals surface area contributed by atoms with Crippen LogP contribution < -0.4 is 9.47 Å². The minimum absolute atomic E-state index is 0. The van der Waals surface area contributed by atoms with Crippen molar-refractivity contribution in [1.82, 2.24) is 4.90 Å². The standard InChI is InChI=1S/C22H27NO2.ClH/c1-24-21-7-6-16(12-22(21)25-2)8-10-23-11-9-19-13-17-4-3-5-18(17)14-20(19)15-23;/h6-7,12-14H,3-5,8-11,15H2,1-2H3;1H. The fourth-order valence-corrected chi connectivity index (χ4v) is 4.22. The fourth-order valence-electron chi connectivity index (χ4n) is 4.22. The molecule has 0 unspecified atom stereocenters. The van der Waals surface area contributed by atoms with Crippen LogP contribution in [0, 0.1) is 0 Å². The molecule has 140 valence electrons. The number of hydrogen-bond acceptors (Lipinski definition) is 3. The van der Waals surface area contributed by atoms with Crippen LogP contribution in [0.2, 0.25) is 0 Å². The minimum Gasteiger partial charge on any atom is -0.493 e. The molecule has 0 radical (unpaired) electrons. The molecule has 0 aromatic heterocycles. The van der Waals surface area contributed by atoms with Gasteiger partial charge in [-0.15, -0.1) is 12.4 Å². The van der Waals surface area contributed by atoms with Gasteiger partial charge < -0.3 is 9.47 Å². The lowest BCUT2D eigenvalue weighted by Gasteiger charge is -2.29. The van der Waals surface area contributed by atoms with Crippen molar-refractivity contribution in [3.63, 3.8) is 0 Å². The summed E-state index contributed by atoms with van der Waals surface area (Å²) in [7, 11) is 3.38. The fraction of sp³-hybridized carbons (Fsp3) is 0.455. The molecular formula is C22H28ClNO2. The number of ether oxygens (including phenoxy) is 2. The molecule has 0 N–H and O–H groups in total. The number of methoxy groups -OCH3 is 2. The number of halogens is 1. The Hall–Kier alpha value is -1.71. The summed E-state index contributed by atoms with van der Waals surface area (Å²) < 4.78 is 10.7. The quantitative estimate of drug-likeness (QED) is 0.783. The second-order valence-corrected chi connectivity index (χ2v) is 7.21. The predicted molar refractivity (Wildman–Crippen MR) is 108 cm³/mol. The monoisotopic (exact) mass is 373 g/mol. The lowest BCUT2D eigenvalue weighted by atomic mass is 9.94. The van der Waals surface area contributed by atoms with Crippen molar-refractivity contribution < 1.29 is 9.47 Å². The summed E-state index contributed by atoms with van der Waals surface area (Å²) in [5.74, 6) is 1.62. The van der Waals surface area contributed by atoms with E-state index in [-0.39, 0.29) is 12.4 Å². The van der Waals surface area contributed by atoms with Gasteiger partial charge in [-0.25, -0.2) is 0 Å². The first-order valence-corrected chi connectivity index (χ1v) is 9.33. The average molecular weight is 374 g/mol. The van der Waals surface area contributed by atoms with Gasteiger partial charge in [0.2, 0.25) is 0 Å². The van der Waals surface area contributed by atoms with Gasteiger partial charge in [0, 0.05) is 19.6 Å². The van der Waals surface area contributed by atoms with E-state index in [1.165, 1.54) is 37.8 Å². The van der Waals surface area contributed by atoms with Crippen LogP contribution in [0.25, 0.3) is 0 Å². The van der Waals surface area contributed by atoms with E-state index < -0.39 is 0 Å². The van der Waals surface area contributed by atoms with Crippen molar-refractivity contribution in [2.45, 2.75) is 38.6 Å². The second kappa shape index (κ2) is 8.32. The molecule has 0 spiro atoms. The Morgan fingerprint density at radius 3 is 2.27 bits per heavy atom. The predicted octanol–water partition coefficient (Wildman–Crippen LogP) is 4.22. The Kier molecular flexibility index (Phi) is 6.10. The van der Waals surface area contributed by atoms with Crippen LogP contribution in [0.5, 0.6) is 11.5 Å². The summed E-state index contributed by atoms with van der Waals surface area (Å²) in [5, 5.41) is 0. The Bertz CT molecular complexity index is 775. The van der Waals surface area contributed by atoms with Crippen LogP contribution in [0.4, 0.5) is 0 Å². The number of rotatable bonds is 5. The van der Waals surface area contributed by atoms with E-state index in [2.05, 4.69) is 29.2 Å². The lowest BCUT2D eigenvalue weighted by molar-refractivity contribution is 0.257.